The van der Waals surface area contributed by atoms with Crippen molar-refractivity contribution < 1.29 is 4.79 Å². The van der Waals surface area contributed by atoms with Crippen molar-refractivity contribution in [3.8, 4) is 0 Å². The molecule has 0 saturated carbocycles. The van der Waals surface area contributed by atoms with Gasteiger partial charge in [0.05, 0.1) is 17.9 Å². The van der Waals surface area contributed by atoms with Crippen molar-refractivity contribution in [1.82, 2.24) is 14.9 Å². The molecule has 2 amide bonds. The van der Waals surface area contributed by atoms with E-state index in [9.17, 15) is 4.79 Å². The largest absolute Gasteiger partial charge is 0.363 e. The number of urea groups is 1. The Bertz CT molecular complexity index is 656. The molecule has 0 aromatic carbocycles. The normalized spacial score (nSPS) is 17.1. The van der Waals surface area contributed by atoms with Gasteiger partial charge in [-0.3, -0.25) is 4.98 Å². The first-order chi connectivity index (χ1) is 11.1. The molecule has 1 aliphatic heterocycles. The average Bonchev–Trinajstić information content (AvgIpc) is 3.06. The Balaban J connectivity index is 1.70. The molecule has 1 saturated heterocycles. The van der Waals surface area contributed by atoms with Crippen LogP contribution in [0.5, 0.6) is 0 Å². The summed E-state index contributed by atoms with van der Waals surface area (Å²) in [6, 6.07) is 7.75. The third-order valence-corrected chi connectivity index (χ3v) is 4.06. The second-order valence-corrected chi connectivity index (χ2v) is 5.86. The van der Waals surface area contributed by atoms with Gasteiger partial charge in [0.1, 0.15) is 5.82 Å². The van der Waals surface area contributed by atoms with E-state index in [1.807, 2.05) is 48.2 Å². The van der Waals surface area contributed by atoms with Crippen LogP contribution in [-0.4, -0.2) is 41.5 Å². The summed E-state index contributed by atoms with van der Waals surface area (Å²) < 4.78 is 0. The number of pyridine rings is 2. The Hall–Kier alpha value is -2.63. The van der Waals surface area contributed by atoms with Crippen LogP contribution in [0.2, 0.25) is 0 Å². The lowest BCUT2D eigenvalue weighted by atomic mass is 10.1. The quantitative estimate of drug-likeness (QED) is 0.947. The van der Waals surface area contributed by atoms with Crippen molar-refractivity contribution >= 4 is 17.5 Å². The van der Waals surface area contributed by atoms with Crippen LogP contribution in [0.1, 0.15) is 24.4 Å². The summed E-state index contributed by atoms with van der Waals surface area (Å²) in [5, 5.41) is 2.94. The maximum atomic E-state index is 12.6. The summed E-state index contributed by atoms with van der Waals surface area (Å²) in [6.07, 6.45) is 7.22. The number of likely N-dealkylation sites (tertiary alicyclic amines) is 1. The number of hydrogen-bond acceptors (Lipinski definition) is 4. The van der Waals surface area contributed by atoms with Crippen LogP contribution in [-0.2, 0) is 0 Å². The first-order valence-corrected chi connectivity index (χ1v) is 7.76. The van der Waals surface area contributed by atoms with Gasteiger partial charge in [-0.2, -0.15) is 0 Å². The van der Waals surface area contributed by atoms with Crippen LogP contribution in [0.15, 0.2) is 42.9 Å². The molecule has 1 fully saturated rings. The molecular weight excluding hydrogens is 290 g/mol. The summed E-state index contributed by atoms with van der Waals surface area (Å²) in [5.74, 6) is 0.860. The van der Waals surface area contributed by atoms with E-state index in [-0.39, 0.29) is 12.1 Å². The second kappa shape index (κ2) is 6.64. The van der Waals surface area contributed by atoms with Gasteiger partial charge in [0.2, 0.25) is 0 Å². The van der Waals surface area contributed by atoms with Gasteiger partial charge in [-0.25, -0.2) is 9.78 Å². The van der Waals surface area contributed by atoms with E-state index in [0.717, 1.165) is 30.8 Å². The molecule has 1 N–H and O–H groups in total. The van der Waals surface area contributed by atoms with E-state index < -0.39 is 0 Å². The summed E-state index contributed by atoms with van der Waals surface area (Å²) in [6.45, 7) is 0.766. The zero-order chi connectivity index (χ0) is 16.2. The van der Waals surface area contributed by atoms with Crippen LogP contribution in [0.4, 0.5) is 16.3 Å². The molecule has 6 nitrogen and oxygen atoms in total. The van der Waals surface area contributed by atoms with Crippen molar-refractivity contribution in [1.29, 1.82) is 0 Å². The lowest BCUT2D eigenvalue weighted by Gasteiger charge is -2.25. The van der Waals surface area contributed by atoms with Gasteiger partial charge >= 0.3 is 6.03 Å². The summed E-state index contributed by atoms with van der Waals surface area (Å²) in [4.78, 5) is 24.7. The first kappa shape index (κ1) is 15.3. The van der Waals surface area contributed by atoms with Crippen molar-refractivity contribution in [2.75, 3.05) is 30.9 Å². The minimum atomic E-state index is -0.0799. The predicted molar refractivity (Wildman–Crippen MR) is 90.5 cm³/mol. The fourth-order valence-corrected chi connectivity index (χ4v) is 2.86. The zero-order valence-corrected chi connectivity index (χ0v) is 13.4. The lowest BCUT2D eigenvalue weighted by Crippen LogP contribution is -2.34. The maximum absolute atomic E-state index is 12.6. The molecule has 23 heavy (non-hydrogen) atoms. The van der Waals surface area contributed by atoms with E-state index in [4.69, 9.17) is 0 Å². The van der Waals surface area contributed by atoms with Gasteiger partial charge in [-0.15, -0.1) is 0 Å². The minimum Gasteiger partial charge on any atom is -0.363 e. The number of hydrogen-bond donors (Lipinski definition) is 1. The smallest absolute Gasteiger partial charge is 0.322 e. The molecule has 120 valence electrons. The monoisotopic (exact) mass is 311 g/mol. The zero-order valence-electron chi connectivity index (χ0n) is 13.4. The molecule has 2 aromatic rings. The third-order valence-electron chi connectivity index (χ3n) is 4.06. The van der Waals surface area contributed by atoms with Crippen LogP contribution in [0.25, 0.3) is 0 Å². The molecule has 0 aliphatic carbocycles. The van der Waals surface area contributed by atoms with Crippen molar-refractivity contribution in [2.45, 2.75) is 18.9 Å². The Morgan fingerprint density at radius 2 is 2.04 bits per heavy atom. The maximum Gasteiger partial charge on any atom is 0.322 e. The number of rotatable bonds is 3. The molecule has 3 heterocycles. The van der Waals surface area contributed by atoms with Crippen LogP contribution < -0.4 is 10.2 Å². The third kappa shape index (κ3) is 3.41. The molecule has 1 atom stereocenters. The van der Waals surface area contributed by atoms with Crippen LogP contribution in [0, 0.1) is 0 Å². The molecule has 1 unspecified atom stereocenters. The minimum absolute atomic E-state index is 0.0799. The number of carbonyl (C=O) groups excluding carboxylic acids is 1. The highest BCUT2D eigenvalue weighted by molar-refractivity contribution is 5.89. The highest BCUT2D eigenvalue weighted by atomic mass is 16.2. The molecule has 0 spiro atoms. The van der Waals surface area contributed by atoms with Crippen molar-refractivity contribution in [3.63, 3.8) is 0 Å². The summed E-state index contributed by atoms with van der Waals surface area (Å²) in [5.41, 5.74) is 1.84. The molecule has 2 aromatic heterocycles. The molecular formula is C17H21N5O. The van der Waals surface area contributed by atoms with E-state index in [1.54, 1.807) is 18.6 Å². The van der Waals surface area contributed by atoms with Gasteiger partial charge in [0, 0.05) is 33.0 Å². The van der Waals surface area contributed by atoms with E-state index in [1.165, 1.54) is 0 Å². The number of nitrogens with one attached hydrogen (secondary N) is 1. The Kier molecular flexibility index (Phi) is 4.41. The molecule has 0 radical (unpaired) electrons. The van der Waals surface area contributed by atoms with Crippen LogP contribution in [0.3, 0.4) is 0 Å². The second-order valence-electron chi connectivity index (χ2n) is 5.86. The molecule has 3 rings (SSSR count). The Labute approximate surface area is 136 Å². The number of carbonyl (C=O) groups is 1. The standard InChI is InChI=1S/C17H21N5O/c1-21(2)16-6-5-14(12-19-16)20-17(23)22-11-3-4-15(22)13-7-9-18-10-8-13/h5-10,12,15H,3-4,11H2,1-2H3,(H,20,23). The van der Waals surface area contributed by atoms with E-state index >= 15 is 0 Å². The van der Waals surface area contributed by atoms with Gasteiger partial charge in [0.25, 0.3) is 0 Å². The highest BCUT2D eigenvalue weighted by Crippen LogP contribution is 2.32. The number of aromatic nitrogens is 2. The fraction of sp³-hybridized carbons (Fsp3) is 0.353. The molecule has 6 heteroatoms. The SMILES string of the molecule is CN(C)c1ccc(NC(=O)N2CCCC2c2ccncc2)cn1. The Morgan fingerprint density at radius 3 is 2.70 bits per heavy atom. The number of amides is 2. The molecule has 0 bridgehead atoms. The lowest BCUT2D eigenvalue weighted by molar-refractivity contribution is 0.207. The van der Waals surface area contributed by atoms with Crippen LogP contribution >= 0.6 is 0 Å². The van der Waals surface area contributed by atoms with Gasteiger partial charge < -0.3 is 15.1 Å². The van der Waals surface area contributed by atoms with Gasteiger partial charge in [0.15, 0.2) is 0 Å². The van der Waals surface area contributed by atoms with Crippen molar-refractivity contribution in [2.24, 2.45) is 0 Å². The topological polar surface area (TPSA) is 61.4 Å². The number of anilines is 2. The first-order valence-electron chi connectivity index (χ1n) is 7.76. The fourth-order valence-electron chi connectivity index (χ4n) is 2.86. The average molecular weight is 311 g/mol. The Morgan fingerprint density at radius 1 is 1.26 bits per heavy atom. The van der Waals surface area contributed by atoms with Gasteiger partial charge in [-0.1, -0.05) is 0 Å². The van der Waals surface area contributed by atoms with E-state index in [0.29, 0.717) is 5.69 Å². The van der Waals surface area contributed by atoms with E-state index in [2.05, 4.69) is 15.3 Å². The number of nitrogens with zero attached hydrogens (tertiary/aromatic N) is 4. The highest BCUT2D eigenvalue weighted by Gasteiger charge is 2.29. The summed E-state index contributed by atoms with van der Waals surface area (Å²) in [7, 11) is 3.87. The molecule has 1 aliphatic rings. The summed E-state index contributed by atoms with van der Waals surface area (Å²) >= 11 is 0. The van der Waals surface area contributed by atoms with Gasteiger partial charge in [-0.05, 0) is 42.7 Å². The predicted octanol–water partition coefficient (Wildman–Crippen LogP) is 2.91. The van der Waals surface area contributed by atoms with Crippen molar-refractivity contribution in [3.05, 3.63) is 48.4 Å².